The first-order chi connectivity index (χ1) is 8.54. The van der Waals surface area contributed by atoms with Crippen molar-refractivity contribution in [3.05, 3.63) is 23.9 Å². The molecule has 1 unspecified atom stereocenters. The van der Waals surface area contributed by atoms with Crippen molar-refractivity contribution < 1.29 is 0 Å². The summed E-state index contributed by atoms with van der Waals surface area (Å²) in [5.41, 5.74) is 1.24. The Labute approximate surface area is 112 Å². The lowest BCUT2D eigenvalue weighted by Crippen LogP contribution is -2.30. The van der Waals surface area contributed by atoms with Crippen molar-refractivity contribution in [1.29, 1.82) is 0 Å². The zero-order valence-electron chi connectivity index (χ0n) is 12.4. The van der Waals surface area contributed by atoms with Crippen LogP contribution in [0.5, 0.6) is 0 Å². The second kappa shape index (κ2) is 7.37. The lowest BCUT2D eigenvalue weighted by atomic mass is 10.0. The third-order valence-electron chi connectivity index (χ3n) is 3.22. The minimum Gasteiger partial charge on any atom is -0.357 e. The number of hydrogen-bond donors (Lipinski definition) is 1. The van der Waals surface area contributed by atoms with Crippen LogP contribution >= 0.6 is 0 Å². The number of nitrogens with one attached hydrogen (secondary N) is 1. The largest absolute Gasteiger partial charge is 0.357 e. The van der Waals surface area contributed by atoms with E-state index in [1.54, 1.807) is 0 Å². The van der Waals surface area contributed by atoms with Gasteiger partial charge in [0.05, 0.1) is 0 Å². The highest BCUT2D eigenvalue weighted by Crippen LogP contribution is 2.17. The molecule has 1 heterocycles. The summed E-state index contributed by atoms with van der Waals surface area (Å²) >= 11 is 0. The van der Waals surface area contributed by atoms with Gasteiger partial charge in [-0.05, 0) is 37.4 Å². The Kier molecular flexibility index (Phi) is 6.13. The fourth-order valence-electron chi connectivity index (χ4n) is 2.07. The zero-order valence-corrected chi connectivity index (χ0v) is 12.4. The van der Waals surface area contributed by atoms with Gasteiger partial charge in [0.2, 0.25) is 0 Å². The first-order valence-electron chi connectivity index (χ1n) is 6.93. The standard InChI is InChI=1S/C15H27N3/c1-6-16-10-14-7-8-15(17-11-14)18(5)13(4)9-12(2)3/h7-8,11-13,16H,6,9-10H2,1-5H3. The second-order valence-corrected chi connectivity index (χ2v) is 5.39. The lowest BCUT2D eigenvalue weighted by molar-refractivity contribution is 0.502. The molecular weight excluding hydrogens is 222 g/mol. The van der Waals surface area contributed by atoms with Crippen molar-refractivity contribution in [2.75, 3.05) is 18.5 Å². The van der Waals surface area contributed by atoms with Crippen LogP contribution in [-0.4, -0.2) is 24.6 Å². The molecule has 1 atom stereocenters. The topological polar surface area (TPSA) is 28.2 Å². The molecule has 1 rings (SSSR count). The maximum atomic E-state index is 4.55. The van der Waals surface area contributed by atoms with Crippen molar-refractivity contribution in [2.45, 2.75) is 46.7 Å². The molecule has 0 saturated heterocycles. The smallest absolute Gasteiger partial charge is 0.128 e. The van der Waals surface area contributed by atoms with Crippen molar-refractivity contribution in [2.24, 2.45) is 5.92 Å². The molecule has 0 radical (unpaired) electrons. The molecule has 3 heteroatoms. The molecule has 0 saturated carbocycles. The molecule has 1 aromatic heterocycles. The molecule has 0 aliphatic heterocycles. The SMILES string of the molecule is CCNCc1ccc(N(C)C(C)CC(C)C)nc1. The van der Waals surface area contributed by atoms with Gasteiger partial charge in [0, 0.05) is 25.8 Å². The van der Waals surface area contributed by atoms with Gasteiger partial charge >= 0.3 is 0 Å². The van der Waals surface area contributed by atoms with E-state index >= 15 is 0 Å². The number of rotatable bonds is 7. The second-order valence-electron chi connectivity index (χ2n) is 5.39. The van der Waals surface area contributed by atoms with Crippen LogP contribution in [-0.2, 0) is 6.54 Å². The van der Waals surface area contributed by atoms with Crippen LogP contribution in [0.3, 0.4) is 0 Å². The molecule has 0 fully saturated rings. The van der Waals surface area contributed by atoms with Crippen LogP contribution < -0.4 is 10.2 Å². The van der Waals surface area contributed by atoms with E-state index in [0.29, 0.717) is 6.04 Å². The normalized spacial score (nSPS) is 12.8. The average molecular weight is 249 g/mol. The van der Waals surface area contributed by atoms with E-state index < -0.39 is 0 Å². The Balaban J connectivity index is 2.60. The van der Waals surface area contributed by atoms with Gasteiger partial charge in [0.25, 0.3) is 0 Å². The van der Waals surface area contributed by atoms with E-state index in [4.69, 9.17) is 0 Å². The number of aromatic nitrogens is 1. The molecule has 0 spiro atoms. The Hall–Kier alpha value is -1.09. The highest BCUT2D eigenvalue weighted by atomic mass is 15.2. The van der Waals surface area contributed by atoms with E-state index in [1.165, 1.54) is 12.0 Å². The highest BCUT2D eigenvalue weighted by molar-refractivity contribution is 5.39. The maximum Gasteiger partial charge on any atom is 0.128 e. The average Bonchev–Trinajstić information content (AvgIpc) is 2.35. The van der Waals surface area contributed by atoms with E-state index in [-0.39, 0.29) is 0 Å². The number of pyridine rings is 1. The van der Waals surface area contributed by atoms with Crippen LogP contribution in [0.2, 0.25) is 0 Å². The summed E-state index contributed by atoms with van der Waals surface area (Å²) in [6.07, 6.45) is 3.16. The van der Waals surface area contributed by atoms with Gasteiger partial charge in [0.15, 0.2) is 0 Å². The van der Waals surface area contributed by atoms with Crippen LogP contribution in [0, 0.1) is 5.92 Å². The van der Waals surface area contributed by atoms with Crippen molar-refractivity contribution in [1.82, 2.24) is 10.3 Å². The van der Waals surface area contributed by atoms with Gasteiger partial charge in [0.1, 0.15) is 5.82 Å². The van der Waals surface area contributed by atoms with Gasteiger partial charge in [-0.3, -0.25) is 0 Å². The predicted molar refractivity (Wildman–Crippen MR) is 78.9 cm³/mol. The maximum absolute atomic E-state index is 4.55. The van der Waals surface area contributed by atoms with Crippen molar-refractivity contribution in [3.8, 4) is 0 Å². The molecular formula is C15H27N3. The van der Waals surface area contributed by atoms with Gasteiger partial charge in [-0.15, -0.1) is 0 Å². The molecule has 0 aliphatic carbocycles. The first kappa shape index (κ1) is 15.0. The minimum absolute atomic E-state index is 0.525. The Morgan fingerprint density at radius 2 is 2.00 bits per heavy atom. The quantitative estimate of drug-likeness (QED) is 0.805. The molecule has 0 amide bonds. The van der Waals surface area contributed by atoms with Crippen molar-refractivity contribution >= 4 is 5.82 Å². The summed E-state index contributed by atoms with van der Waals surface area (Å²) < 4.78 is 0. The van der Waals surface area contributed by atoms with Crippen LogP contribution in [0.25, 0.3) is 0 Å². The fourth-order valence-corrected chi connectivity index (χ4v) is 2.07. The number of hydrogen-bond acceptors (Lipinski definition) is 3. The highest BCUT2D eigenvalue weighted by Gasteiger charge is 2.12. The molecule has 18 heavy (non-hydrogen) atoms. The lowest BCUT2D eigenvalue weighted by Gasteiger charge is -2.27. The van der Waals surface area contributed by atoms with E-state index in [0.717, 1.165) is 24.8 Å². The summed E-state index contributed by atoms with van der Waals surface area (Å²) in [7, 11) is 2.12. The van der Waals surface area contributed by atoms with E-state index in [9.17, 15) is 0 Å². The van der Waals surface area contributed by atoms with E-state index in [1.807, 2.05) is 6.20 Å². The molecule has 1 N–H and O–H groups in total. The minimum atomic E-state index is 0.525. The van der Waals surface area contributed by atoms with Gasteiger partial charge in [-0.1, -0.05) is 26.8 Å². The Morgan fingerprint density at radius 3 is 2.50 bits per heavy atom. The summed E-state index contributed by atoms with van der Waals surface area (Å²) in [5.74, 6) is 1.78. The Bertz CT molecular complexity index is 332. The predicted octanol–water partition coefficient (Wildman–Crippen LogP) is 3.06. The third kappa shape index (κ3) is 4.65. The van der Waals surface area contributed by atoms with Crippen LogP contribution in [0.1, 0.15) is 39.7 Å². The zero-order chi connectivity index (χ0) is 13.5. The van der Waals surface area contributed by atoms with Gasteiger partial charge in [-0.25, -0.2) is 4.98 Å². The van der Waals surface area contributed by atoms with Crippen molar-refractivity contribution in [3.63, 3.8) is 0 Å². The summed E-state index contributed by atoms with van der Waals surface area (Å²) in [5, 5.41) is 3.31. The molecule has 102 valence electrons. The third-order valence-corrected chi connectivity index (χ3v) is 3.22. The van der Waals surface area contributed by atoms with Gasteiger partial charge in [-0.2, -0.15) is 0 Å². The first-order valence-corrected chi connectivity index (χ1v) is 6.93. The molecule has 3 nitrogen and oxygen atoms in total. The van der Waals surface area contributed by atoms with Gasteiger partial charge < -0.3 is 10.2 Å². The molecule has 0 bridgehead atoms. The molecule has 0 aliphatic rings. The summed E-state index contributed by atoms with van der Waals surface area (Å²) in [6.45, 7) is 10.8. The monoisotopic (exact) mass is 249 g/mol. The molecule has 0 aromatic carbocycles. The fraction of sp³-hybridized carbons (Fsp3) is 0.667. The van der Waals surface area contributed by atoms with Crippen LogP contribution in [0.4, 0.5) is 5.82 Å². The Morgan fingerprint density at radius 1 is 1.28 bits per heavy atom. The summed E-state index contributed by atoms with van der Waals surface area (Å²) in [6, 6.07) is 4.80. The number of nitrogens with zero attached hydrogens (tertiary/aromatic N) is 2. The van der Waals surface area contributed by atoms with E-state index in [2.05, 4.69) is 62.1 Å². The molecule has 1 aromatic rings. The number of anilines is 1. The summed E-state index contributed by atoms with van der Waals surface area (Å²) in [4.78, 5) is 6.81. The van der Waals surface area contributed by atoms with Crippen LogP contribution in [0.15, 0.2) is 18.3 Å².